The summed E-state index contributed by atoms with van der Waals surface area (Å²) >= 11 is 5.88. The van der Waals surface area contributed by atoms with Gasteiger partial charge in [-0.25, -0.2) is 13.6 Å². The number of hydrogen-bond donors (Lipinski definition) is 2. The molecule has 1 atom stereocenters. The van der Waals surface area contributed by atoms with Crippen LogP contribution in [0.5, 0.6) is 5.75 Å². The molecule has 0 saturated heterocycles. The second-order valence-corrected chi connectivity index (χ2v) is 6.76. The van der Waals surface area contributed by atoms with Crippen molar-refractivity contribution in [3.63, 3.8) is 0 Å². The Bertz CT molecular complexity index is 631. The smallest absolute Gasteiger partial charge is 0.230 e. The monoisotopic (exact) mass is 317 g/mol. The number of amidine groups is 1. The van der Waals surface area contributed by atoms with Gasteiger partial charge in [0.2, 0.25) is 10.0 Å². The largest absolute Gasteiger partial charge is 0.485 e. The number of benzene rings is 1. The zero-order valence-electron chi connectivity index (χ0n) is 11.0. The maximum Gasteiger partial charge on any atom is 0.230 e. The quantitative estimate of drug-likeness (QED) is 0.789. The summed E-state index contributed by atoms with van der Waals surface area (Å²) in [6.07, 6.45) is 0. The molecule has 20 heavy (non-hydrogen) atoms. The molecule has 1 aromatic rings. The van der Waals surface area contributed by atoms with Gasteiger partial charge in [0.1, 0.15) is 18.2 Å². The van der Waals surface area contributed by atoms with E-state index < -0.39 is 14.7 Å². The molecule has 0 fully saturated rings. The van der Waals surface area contributed by atoms with E-state index in [4.69, 9.17) is 21.5 Å². The fraction of sp³-hybridized carbons (Fsp3) is 0.417. The predicted molar refractivity (Wildman–Crippen MR) is 78.7 cm³/mol. The standard InChI is InChI=1S/C12H16ClN3O3S/c1-8-9(12(13)20(14,17)18)3-2-4-10(8)19-7-11-15-5-6-16-11/h2-4,12H,5-7H2,1H3,(H,15,16)(H2,14,17,18). The lowest BCUT2D eigenvalue weighted by molar-refractivity contribution is 0.370. The summed E-state index contributed by atoms with van der Waals surface area (Å²) in [4.78, 5) is 4.22. The van der Waals surface area contributed by atoms with E-state index in [0.29, 0.717) is 23.5 Å². The van der Waals surface area contributed by atoms with E-state index in [0.717, 1.165) is 18.9 Å². The van der Waals surface area contributed by atoms with E-state index in [2.05, 4.69) is 10.3 Å². The zero-order chi connectivity index (χ0) is 14.8. The molecule has 1 unspecified atom stereocenters. The number of nitrogens with zero attached hydrogens (tertiary/aromatic N) is 1. The van der Waals surface area contributed by atoms with Gasteiger partial charge in [-0.05, 0) is 24.1 Å². The fourth-order valence-electron chi connectivity index (χ4n) is 1.90. The molecule has 0 bridgehead atoms. The first-order chi connectivity index (χ1) is 9.39. The molecule has 8 heteroatoms. The molecule has 6 nitrogen and oxygen atoms in total. The van der Waals surface area contributed by atoms with Gasteiger partial charge in [0.15, 0.2) is 4.71 Å². The summed E-state index contributed by atoms with van der Waals surface area (Å²) < 4.78 is 27.0. The van der Waals surface area contributed by atoms with Gasteiger partial charge >= 0.3 is 0 Å². The number of aliphatic imine (C=N–C) groups is 1. The summed E-state index contributed by atoms with van der Waals surface area (Å²) in [6.45, 7) is 3.61. The zero-order valence-corrected chi connectivity index (χ0v) is 12.5. The second-order valence-electron chi connectivity index (χ2n) is 4.42. The van der Waals surface area contributed by atoms with Crippen molar-refractivity contribution in [3.8, 4) is 5.75 Å². The van der Waals surface area contributed by atoms with Gasteiger partial charge < -0.3 is 10.1 Å². The maximum atomic E-state index is 11.3. The minimum atomic E-state index is -3.85. The molecule has 0 radical (unpaired) electrons. The van der Waals surface area contributed by atoms with Crippen LogP contribution in [0.3, 0.4) is 0 Å². The third-order valence-electron chi connectivity index (χ3n) is 2.97. The molecule has 3 N–H and O–H groups in total. The second kappa shape index (κ2) is 5.99. The van der Waals surface area contributed by atoms with Gasteiger partial charge in [0, 0.05) is 6.54 Å². The predicted octanol–water partition coefficient (Wildman–Crippen LogP) is 0.901. The van der Waals surface area contributed by atoms with Crippen molar-refractivity contribution in [2.24, 2.45) is 10.1 Å². The first-order valence-electron chi connectivity index (χ1n) is 6.05. The van der Waals surface area contributed by atoms with Crippen LogP contribution in [0, 0.1) is 6.92 Å². The van der Waals surface area contributed by atoms with Gasteiger partial charge in [-0.3, -0.25) is 4.99 Å². The van der Waals surface area contributed by atoms with Crippen LogP contribution in [0.15, 0.2) is 23.2 Å². The van der Waals surface area contributed by atoms with Crippen molar-refractivity contribution >= 4 is 27.5 Å². The average molecular weight is 318 g/mol. The van der Waals surface area contributed by atoms with E-state index in [-0.39, 0.29) is 0 Å². The Morgan fingerprint density at radius 1 is 1.55 bits per heavy atom. The summed E-state index contributed by atoms with van der Waals surface area (Å²) in [5.74, 6) is 1.34. The van der Waals surface area contributed by atoms with Gasteiger partial charge in [-0.1, -0.05) is 23.7 Å². The fourth-order valence-corrected chi connectivity index (χ4v) is 2.75. The molecular formula is C12H16ClN3O3S. The number of alkyl halides is 1. The number of hydrogen-bond acceptors (Lipinski definition) is 5. The molecule has 0 spiro atoms. The highest BCUT2D eigenvalue weighted by molar-refractivity contribution is 7.90. The summed E-state index contributed by atoms with van der Waals surface area (Å²) in [5.41, 5.74) is 1.08. The van der Waals surface area contributed by atoms with E-state index >= 15 is 0 Å². The van der Waals surface area contributed by atoms with Crippen molar-refractivity contribution in [3.05, 3.63) is 29.3 Å². The Kier molecular flexibility index (Phi) is 4.52. The number of primary sulfonamides is 1. The van der Waals surface area contributed by atoms with Crippen LogP contribution in [0.25, 0.3) is 0 Å². The van der Waals surface area contributed by atoms with Gasteiger partial charge in [-0.15, -0.1) is 0 Å². The topological polar surface area (TPSA) is 93.8 Å². The number of ether oxygens (including phenoxy) is 1. The van der Waals surface area contributed by atoms with Gasteiger partial charge in [0.05, 0.1) is 6.54 Å². The van der Waals surface area contributed by atoms with Crippen LogP contribution in [-0.4, -0.2) is 33.9 Å². The number of nitrogens with one attached hydrogen (secondary N) is 1. The van der Waals surface area contributed by atoms with Crippen molar-refractivity contribution in [2.45, 2.75) is 11.6 Å². The molecule has 2 rings (SSSR count). The van der Waals surface area contributed by atoms with Crippen LogP contribution < -0.4 is 15.2 Å². The Labute approximate surface area is 123 Å². The molecule has 1 aromatic carbocycles. The van der Waals surface area contributed by atoms with E-state index in [9.17, 15) is 8.42 Å². The SMILES string of the molecule is Cc1c(OCC2=NCCN2)cccc1C(Cl)S(N)(=O)=O. The third-order valence-corrected chi connectivity index (χ3v) is 4.78. The number of sulfonamides is 1. The van der Waals surface area contributed by atoms with E-state index in [1.807, 2.05) is 0 Å². The third kappa shape index (κ3) is 3.41. The molecule has 110 valence electrons. The first kappa shape index (κ1) is 15.1. The van der Waals surface area contributed by atoms with Gasteiger partial charge in [-0.2, -0.15) is 0 Å². The van der Waals surface area contributed by atoms with E-state index in [1.54, 1.807) is 25.1 Å². The molecular weight excluding hydrogens is 302 g/mol. The van der Waals surface area contributed by atoms with Crippen molar-refractivity contribution in [1.82, 2.24) is 5.32 Å². The maximum absolute atomic E-state index is 11.3. The lowest BCUT2D eigenvalue weighted by atomic mass is 10.1. The molecule has 0 aromatic heterocycles. The van der Waals surface area contributed by atoms with Crippen molar-refractivity contribution in [1.29, 1.82) is 0 Å². The van der Waals surface area contributed by atoms with Gasteiger partial charge in [0.25, 0.3) is 0 Å². The summed E-state index contributed by atoms with van der Waals surface area (Å²) in [6, 6.07) is 5.05. The number of nitrogens with two attached hydrogens (primary N) is 1. The lowest BCUT2D eigenvalue weighted by Gasteiger charge is -2.15. The van der Waals surface area contributed by atoms with Crippen molar-refractivity contribution in [2.75, 3.05) is 19.7 Å². The van der Waals surface area contributed by atoms with E-state index in [1.165, 1.54) is 0 Å². The minimum Gasteiger partial charge on any atom is -0.485 e. The summed E-state index contributed by atoms with van der Waals surface area (Å²) in [5, 5.41) is 8.16. The Hall–Kier alpha value is -1.31. The minimum absolute atomic E-state index is 0.312. The highest BCUT2D eigenvalue weighted by Gasteiger charge is 2.23. The normalized spacial score (nSPS) is 16.4. The molecule has 0 saturated carbocycles. The van der Waals surface area contributed by atoms with Crippen LogP contribution in [0.1, 0.15) is 15.8 Å². The number of rotatable bonds is 5. The highest BCUT2D eigenvalue weighted by atomic mass is 35.5. The highest BCUT2D eigenvalue weighted by Crippen LogP contribution is 2.32. The molecule has 0 amide bonds. The van der Waals surface area contributed by atoms with Crippen molar-refractivity contribution < 1.29 is 13.2 Å². The molecule has 1 aliphatic rings. The Morgan fingerprint density at radius 2 is 2.30 bits per heavy atom. The average Bonchev–Trinajstić information content (AvgIpc) is 2.89. The van der Waals surface area contributed by atoms with Crippen LogP contribution in [0.4, 0.5) is 0 Å². The Balaban J connectivity index is 2.18. The molecule has 0 aliphatic carbocycles. The van der Waals surface area contributed by atoms with Crippen LogP contribution in [-0.2, 0) is 10.0 Å². The van der Waals surface area contributed by atoms with Crippen LogP contribution in [0.2, 0.25) is 0 Å². The van der Waals surface area contributed by atoms with Crippen LogP contribution >= 0.6 is 11.6 Å². The summed E-state index contributed by atoms with van der Waals surface area (Å²) in [7, 11) is -3.85. The molecule has 1 aliphatic heterocycles. The Morgan fingerprint density at radius 3 is 2.90 bits per heavy atom. The molecule has 1 heterocycles. The number of halogens is 1. The first-order valence-corrected chi connectivity index (χ1v) is 8.09. The lowest BCUT2D eigenvalue weighted by Crippen LogP contribution is -2.25.